The van der Waals surface area contributed by atoms with Crippen molar-refractivity contribution in [3.05, 3.63) is 0 Å². The van der Waals surface area contributed by atoms with E-state index in [2.05, 4.69) is 0 Å². The number of halogens is 4. The maximum absolute atomic E-state index is 0. The Morgan fingerprint density at radius 2 is 0.500 bits per heavy atom. The second kappa shape index (κ2) is 31.7. The summed E-state index contributed by atoms with van der Waals surface area (Å²) in [5, 5.41) is 0. The number of hydrogen-bond acceptors (Lipinski definition) is 0. The third-order valence-electron chi connectivity index (χ3n) is 0. The summed E-state index contributed by atoms with van der Waals surface area (Å²) >= 11 is 0. The van der Waals surface area contributed by atoms with E-state index in [1.54, 1.807) is 0 Å². The van der Waals surface area contributed by atoms with Gasteiger partial charge in [-0.1, -0.05) is 0 Å². The van der Waals surface area contributed by atoms with E-state index in [0.717, 1.165) is 0 Å². The van der Waals surface area contributed by atoms with Crippen molar-refractivity contribution in [3.63, 3.8) is 0 Å². The van der Waals surface area contributed by atoms with Crippen LogP contribution in [0, 0.1) is 41.7 Å². The molecule has 0 fully saturated rings. The van der Waals surface area contributed by atoms with Crippen molar-refractivity contribution in [3.8, 4) is 0 Å². The molecule has 0 aliphatic heterocycles. The summed E-state index contributed by atoms with van der Waals surface area (Å²) in [5.41, 5.74) is 0. The van der Waals surface area contributed by atoms with Gasteiger partial charge in [-0.2, -0.15) is 0 Å². The van der Waals surface area contributed by atoms with Crippen molar-refractivity contribution < 1.29 is 167 Å². The van der Waals surface area contributed by atoms with Crippen LogP contribution in [0.15, 0.2) is 0 Å². The first-order valence-electron chi connectivity index (χ1n) is 0. The average Bonchev–Trinajstić information content (AvgIpc) is 0. The van der Waals surface area contributed by atoms with E-state index < -0.39 is 0 Å². The monoisotopic (exact) mass is 671 g/mol. The van der Waals surface area contributed by atoms with Crippen LogP contribution in [0.25, 0.3) is 0 Å². The molecule has 1 radical (unpaired) electrons. The van der Waals surface area contributed by atoms with Crippen molar-refractivity contribution in [2.24, 2.45) is 0 Å². The van der Waals surface area contributed by atoms with Gasteiger partial charge in [0.2, 0.25) is 0 Å². The molecular weight excluding hydrogens is 671 g/mol. The molecule has 0 aromatic rings. The predicted molar refractivity (Wildman–Crippen MR) is 0 cm³/mol. The fraction of sp³-hybridized carbons (Fsp3) is 0. The summed E-state index contributed by atoms with van der Waals surface area (Å²) in [4.78, 5) is 0. The molecule has 0 rings (SSSR count). The Kier molecular flexibility index (Phi) is 226. The first-order chi connectivity index (χ1) is 0. The molecular formula is CeI4Na. The number of hydrogen-bond donors (Lipinski definition) is 0. The van der Waals surface area contributed by atoms with Gasteiger partial charge in [-0.25, -0.2) is 0 Å². The molecule has 0 atom stereocenters. The Hall–Kier alpha value is 5.30. The third kappa shape index (κ3) is 22.8. The zero-order valence-corrected chi connectivity index (χ0v) is 16.8. The van der Waals surface area contributed by atoms with E-state index in [1.807, 2.05) is 0 Å². The molecule has 0 heterocycles. The maximum Gasteiger partial charge on any atom is 3.00 e. The van der Waals surface area contributed by atoms with Gasteiger partial charge < -0.3 is 95.9 Å². The minimum atomic E-state index is 0. The zero-order chi connectivity index (χ0) is 0. The molecule has 0 N–H and O–H groups in total. The molecule has 0 aliphatic rings. The van der Waals surface area contributed by atoms with Gasteiger partial charge in [-0.05, 0) is 0 Å². The molecule has 0 spiro atoms. The standard InChI is InChI=1S/Ce.4HI.Na/h;4*1H;/q+3;;;;;+1/p-4. The van der Waals surface area contributed by atoms with E-state index in [9.17, 15) is 0 Å². The van der Waals surface area contributed by atoms with Crippen LogP contribution >= 0.6 is 0 Å². The molecule has 0 unspecified atom stereocenters. The summed E-state index contributed by atoms with van der Waals surface area (Å²) in [6, 6.07) is 0. The molecule has 0 aromatic carbocycles. The van der Waals surface area contributed by atoms with Crippen LogP contribution in [0.1, 0.15) is 0 Å². The van der Waals surface area contributed by atoms with Gasteiger partial charge in [0.15, 0.2) is 0 Å². The Morgan fingerprint density at radius 3 is 0.500 bits per heavy atom. The summed E-state index contributed by atoms with van der Waals surface area (Å²) in [7, 11) is 0. The molecule has 0 saturated heterocycles. The molecule has 0 nitrogen and oxygen atoms in total. The van der Waals surface area contributed by atoms with Gasteiger partial charge in [0, 0.05) is 0 Å². The van der Waals surface area contributed by atoms with Gasteiger partial charge >= 0.3 is 71.3 Å². The SMILES string of the molecule is [Ce+3].[I-].[I-].[I-].[I-].[Na+]. The van der Waals surface area contributed by atoms with E-state index in [-0.39, 0.29) is 167 Å². The second-order valence-electron chi connectivity index (χ2n) is 0. The Labute approximate surface area is 162 Å². The quantitative estimate of drug-likeness (QED) is 0.178. The van der Waals surface area contributed by atoms with Gasteiger partial charge in [-0.3, -0.25) is 0 Å². The van der Waals surface area contributed by atoms with Crippen LogP contribution in [0.2, 0.25) is 0 Å². The van der Waals surface area contributed by atoms with E-state index in [1.165, 1.54) is 0 Å². The predicted octanol–water partition coefficient (Wildman–Crippen LogP) is -15.0. The van der Waals surface area contributed by atoms with Gasteiger partial charge in [0.25, 0.3) is 0 Å². The van der Waals surface area contributed by atoms with Crippen LogP contribution < -0.4 is 125 Å². The molecule has 6 heavy (non-hydrogen) atoms. The normalized spacial score (nSPS) is 0. The molecule has 0 saturated carbocycles. The third-order valence-corrected chi connectivity index (χ3v) is 0. The summed E-state index contributed by atoms with van der Waals surface area (Å²) in [5.74, 6) is 0. The summed E-state index contributed by atoms with van der Waals surface area (Å²) < 4.78 is 0. The van der Waals surface area contributed by atoms with E-state index in [4.69, 9.17) is 0 Å². The first kappa shape index (κ1) is 42.7. The molecule has 33 valence electrons. The summed E-state index contributed by atoms with van der Waals surface area (Å²) in [6.07, 6.45) is 0. The van der Waals surface area contributed by atoms with Crippen molar-refractivity contribution in [1.29, 1.82) is 0 Å². The smallest absolute Gasteiger partial charge is 1.00 e. The maximum atomic E-state index is 0. The number of rotatable bonds is 0. The Morgan fingerprint density at radius 1 is 0.500 bits per heavy atom. The molecule has 6 heteroatoms. The molecule has 0 bridgehead atoms. The first-order valence-corrected chi connectivity index (χ1v) is 0. The topological polar surface area (TPSA) is 0 Å². The van der Waals surface area contributed by atoms with Crippen LogP contribution in [0.4, 0.5) is 0 Å². The van der Waals surface area contributed by atoms with Crippen LogP contribution in [-0.4, -0.2) is 0 Å². The fourth-order valence-corrected chi connectivity index (χ4v) is 0. The van der Waals surface area contributed by atoms with Gasteiger partial charge in [0.05, 0.1) is 0 Å². The van der Waals surface area contributed by atoms with Crippen molar-refractivity contribution in [1.82, 2.24) is 0 Å². The van der Waals surface area contributed by atoms with Crippen LogP contribution in [-0.2, 0) is 0 Å². The van der Waals surface area contributed by atoms with Gasteiger partial charge in [0.1, 0.15) is 0 Å². The van der Waals surface area contributed by atoms with E-state index in [0.29, 0.717) is 0 Å². The van der Waals surface area contributed by atoms with Crippen LogP contribution in [0.5, 0.6) is 0 Å². The minimum absolute atomic E-state index is 0. The van der Waals surface area contributed by atoms with Crippen molar-refractivity contribution in [2.45, 2.75) is 0 Å². The summed E-state index contributed by atoms with van der Waals surface area (Å²) in [6.45, 7) is 0. The van der Waals surface area contributed by atoms with Crippen LogP contribution in [0.3, 0.4) is 0 Å². The molecule has 0 amide bonds. The Balaban J connectivity index is 0. The zero-order valence-electron chi connectivity index (χ0n) is 3.01. The van der Waals surface area contributed by atoms with Crippen molar-refractivity contribution >= 4 is 0 Å². The molecule has 0 aliphatic carbocycles. The van der Waals surface area contributed by atoms with Gasteiger partial charge in [-0.15, -0.1) is 0 Å². The van der Waals surface area contributed by atoms with Crippen molar-refractivity contribution in [2.75, 3.05) is 0 Å². The minimum Gasteiger partial charge on any atom is -1.00 e. The Bertz CT molecular complexity index is 7.51. The fourth-order valence-electron chi connectivity index (χ4n) is 0. The average molecular weight is 671 g/mol. The second-order valence-corrected chi connectivity index (χ2v) is 0. The largest absolute Gasteiger partial charge is 3.00 e. The van der Waals surface area contributed by atoms with E-state index >= 15 is 0 Å². The molecule has 0 aromatic heterocycles.